The van der Waals surface area contributed by atoms with Gasteiger partial charge >= 0.3 is 0 Å². The lowest BCUT2D eigenvalue weighted by atomic mass is 10.2. The summed E-state index contributed by atoms with van der Waals surface area (Å²) >= 11 is 0. The van der Waals surface area contributed by atoms with Gasteiger partial charge in [0, 0.05) is 23.0 Å². The van der Waals surface area contributed by atoms with E-state index in [1.165, 1.54) is 0 Å². The molecular formula is C16H18N2O. The number of hydrogen-bond acceptors (Lipinski definition) is 2. The zero-order valence-electron chi connectivity index (χ0n) is 11.2. The Morgan fingerprint density at radius 3 is 2.21 bits per heavy atom. The molecule has 1 amide bonds. The van der Waals surface area contributed by atoms with Gasteiger partial charge in [-0.15, -0.1) is 0 Å². The van der Waals surface area contributed by atoms with Crippen LogP contribution in [0.3, 0.4) is 0 Å². The number of carbonyl (C=O) groups excluding carboxylic acids is 1. The van der Waals surface area contributed by atoms with Crippen molar-refractivity contribution in [3.05, 3.63) is 54.6 Å². The summed E-state index contributed by atoms with van der Waals surface area (Å²) in [5, 5.41) is 6.18. The number of para-hydroxylation sites is 1. The molecule has 0 radical (unpaired) electrons. The smallest absolute Gasteiger partial charge is 0.226 e. The van der Waals surface area contributed by atoms with E-state index < -0.39 is 0 Å². The van der Waals surface area contributed by atoms with Gasteiger partial charge in [-0.3, -0.25) is 4.79 Å². The maximum atomic E-state index is 11.7. The van der Waals surface area contributed by atoms with Gasteiger partial charge in [-0.1, -0.05) is 38.1 Å². The molecule has 2 N–H and O–H groups in total. The molecule has 0 heterocycles. The van der Waals surface area contributed by atoms with E-state index in [2.05, 4.69) is 10.6 Å². The first kappa shape index (κ1) is 13.1. The van der Waals surface area contributed by atoms with E-state index in [-0.39, 0.29) is 11.8 Å². The number of anilines is 3. The summed E-state index contributed by atoms with van der Waals surface area (Å²) in [5.41, 5.74) is 2.78. The molecule has 0 fully saturated rings. The number of hydrogen-bond donors (Lipinski definition) is 2. The van der Waals surface area contributed by atoms with Crippen molar-refractivity contribution in [2.24, 2.45) is 5.92 Å². The van der Waals surface area contributed by atoms with Gasteiger partial charge in [0.2, 0.25) is 5.91 Å². The highest BCUT2D eigenvalue weighted by Gasteiger charge is 2.07. The molecule has 0 bridgehead atoms. The maximum absolute atomic E-state index is 11.7. The monoisotopic (exact) mass is 254 g/mol. The average molecular weight is 254 g/mol. The van der Waals surface area contributed by atoms with Crippen LogP contribution < -0.4 is 10.6 Å². The topological polar surface area (TPSA) is 41.1 Å². The van der Waals surface area contributed by atoms with E-state index in [1.54, 1.807) is 0 Å². The minimum Gasteiger partial charge on any atom is -0.355 e. The standard InChI is InChI=1S/C16H18N2O/c1-12(2)16(19)18-15-10-6-9-14(11-15)17-13-7-4-3-5-8-13/h3-12,17H,1-2H3,(H,18,19). The Bertz CT molecular complexity index is 550. The SMILES string of the molecule is CC(C)C(=O)Nc1cccc(Nc2ccccc2)c1. The summed E-state index contributed by atoms with van der Waals surface area (Å²) in [4.78, 5) is 11.7. The van der Waals surface area contributed by atoms with E-state index in [4.69, 9.17) is 0 Å². The summed E-state index contributed by atoms with van der Waals surface area (Å²) in [5.74, 6) is 0.00241. The highest BCUT2D eigenvalue weighted by Crippen LogP contribution is 2.20. The van der Waals surface area contributed by atoms with Crippen LogP contribution in [-0.4, -0.2) is 5.91 Å². The second-order valence-corrected chi connectivity index (χ2v) is 4.72. The second kappa shape index (κ2) is 6.05. The van der Waals surface area contributed by atoms with Crippen molar-refractivity contribution in [3.63, 3.8) is 0 Å². The lowest BCUT2D eigenvalue weighted by Crippen LogP contribution is -2.17. The summed E-state index contributed by atoms with van der Waals surface area (Å²) in [6.07, 6.45) is 0. The van der Waals surface area contributed by atoms with Crippen LogP contribution >= 0.6 is 0 Å². The van der Waals surface area contributed by atoms with Gasteiger partial charge in [-0.25, -0.2) is 0 Å². The van der Waals surface area contributed by atoms with Crippen LogP contribution in [0.2, 0.25) is 0 Å². The Hall–Kier alpha value is -2.29. The third kappa shape index (κ3) is 3.85. The van der Waals surface area contributed by atoms with Crippen molar-refractivity contribution in [1.29, 1.82) is 0 Å². The molecule has 0 unspecified atom stereocenters. The molecule has 2 rings (SSSR count). The van der Waals surface area contributed by atoms with Crippen LogP contribution in [0.4, 0.5) is 17.1 Å². The van der Waals surface area contributed by atoms with Crippen LogP contribution in [0, 0.1) is 5.92 Å². The molecule has 0 saturated heterocycles. The average Bonchev–Trinajstić information content (AvgIpc) is 2.40. The maximum Gasteiger partial charge on any atom is 0.226 e. The van der Waals surface area contributed by atoms with Crippen molar-refractivity contribution < 1.29 is 4.79 Å². The Balaban J connectivity index is 2.09. The Kier molecular flexibility index (Phi) is 4.18. The number of amides is 1. The molecule has 19 heavy (non-hydrogen) atoms. The third-order valence-corrected chi connectivity index (χ3v) is 2.72. The van der Waals surface area contributed by atoms with Gasteiger partial charge < -0.3 is 10.6 Å². The molecule has 3 heteroatoms. The first-order valence-corrected chi connectivity index (χ1v) is 6.38. The van der Waals surface area contributed by atoms with Crippen molar-refractivity contribution >= 4 is 23.0 Å². The van der Waals surface area contributed by atoms with E-state index in [0.717, 1.165) is 17.1 Å². The van der Waals surface area contributed by atoms with E-state index in [0.29, 0.717) is 0 Å². The van der Waals surface area contributed by atoms with Gasteiger partial charge in [0.15, 0.2) is 0 Å². The van der Waals surface area contributed by atoms with E-state index in [9.17, 15) is 4.79 Å². The molecule has 0 atom stereocenters. The summed E-state index contributed by atoms with van der Waals surface area (Å²) in [6, 6.07) is 17.6. The second-order valence-electron chi connectivity index (χ2n) is 4.72. The molecule has 2 aromatic rings. The minimum atomic E-state index is -0.0225. The van der Waals surface area contributed by atoms with Gasteiger partial charge in [-0.2, -0.15) is 0 Å². The predicted molar refractivity (Wildman–Crippen MR) is 79.6 cm³/mol. The van der Waals surface area contributed by atoms with Crippen LogP contribution in [0.5, 0.6) is 0 Å². The quantitative estimate of drug-likeness (QED) is 0.865. The molecule has 0 aliphatic heterocycles. The molecule has 3 nitrogen and oxygen atoms in total. The van der Waals surface area contributed by atoms with E-state index >= 15 is 0 Å². The molecular weight excluding hydrogens is 236 g/mol. The summed E-state index contributed by atoms with van der Waals surface area (Å²) in [7, 11) is 0. The van der Waals surface area contributed by atoms with Gasteiger partial charge in [0.05, 0.1) is 0 Å². The zero-order valence-corrected chi connectivity index (χ0v) is 11.2. The molecule has 98 valence electrons. The Labute approximate surface area is 113 Å². The van der Waals surface area contributed by atoms with Crippen molar-refractivity contribution in [3.8, 4) is 0 Å². The zero-order chi connectivity index (χ0) is 13.7. The van der Waals surface area contributed by atoms with Crippen LogP contribution in [0.25, 0.3) is 0 Å². The van der Waals surface area contributed by atoms with Crippen molar-refractivity contribution in [1.82, 2.24) is 0 Å². The lowest BCUT2D eigenvalue weighted by molar-refractivity contribution is -0.118. The van der Waals surface area contributed by atoms with Gasteiger partial charge in [-0.05, 0) is 30.3 Å². The van der Waals surface area contributed by atoms with Crippen LogP contribution in [-0.2, 0) is 4.79 Å². The molecule has 0 aliphatic rings. The van der Waals surface area contributed by atoms with Crippen LogP contribution in [0.1, 0.15) is 13.8 Å². The highest BCUT2D eigenvalue weighted by molar-refractivity contribution is 5.92. The molecule has 0 aromatic heterocycles. The number of carbonyl (C=O) groups is 1. The normalized spacial score (nSPS) is 10.3. The van der Waals surface area contributed by atoms with Crippen molar-refractivity contribution in [2.75, 3.05) is 10.6 Å². The summed E-state index contributed by atoms with van der Waals surface area (Å²) < 4.78 is 0. The molecule has 0 saturated carbocycles. The van der Waals surface area contributed by atoms with E-state index in [1.807, 2.05) is 68.4 Å². The minimum absolute atomic E-state index is 0.0225. The molecule has 2 aromatic carbocycles. The third-order valence-electron chi connectivity index (χ3n) is 2.72. The molecule has 0 aliphatic carbocycles. The van der Waals surface area contributed by atoms with Crippen LogP contribution in [0.15, 0.2) is 54.6 Å². The molecule has 0 spiro atoms. The fraction of sp³-hybridized carbons (Fsp3) is 0.188. The highest BCUT2D eigenvalue weighted by atomic mass is 16.1. The first-order chi connectivity index (χ1) is 9.15. The Morgan fingerprint density at radius 2 is 1.53 bits per heavy atom. The lowest BCUT2D eigenvalue weighted by Gasteiger charge is -2.10. The summed E-state index contributed by atoms with van der Waals surface area (Å²) in [6.45, 7) is 3.75. The Morgan fingerprint density at radius 1 is 0.895 bits per heavy atom. The van der Waals surface area contributed by atoms with Gasteiger partial charge in [0.1, 0.15) is 0 Å². The first-order valence-electron chi connectivity index (χ1n) is 6.38. The fourth-order valence-corrected chi connectivity index (χ4v) is 1.65. The van der Waals surface area contributed by atoms with Gasteiger partial charge in [0.25, 0.3) is 0 Å². The largest absolute Gasteiger partial charge is 0.355 e. The van der Waals surface area contributed by atoms with Crippen molar-refractivity contribution in [2.45, 2.75) is 13.8 Å². The number of benzene rings is 2. The number of nitrogens with one attached hydrogen (secondary N) is 2. The number of rotatable bonds is 4. The predicted octanol–water partition coefficient (Wildman–Crippen LogP) is 4.02. The fourth-order valence-electron chi connectivity index (χ4n) is 1.65.